The number of hydrogen-bond acceptors (Lipinski definition) is 4. The quantitative estimate of drug-likeness (QED) is 0.504. The standard InChI is InChI=1S/C18H20N2O2/c1-22-18(21)10-3-2-9-17(15-7-5-11-20-13-15)14-6-4-8-16(19)12-14/h4-9,11-13H,2-3,10,19H2,1H3. The molecule has 1 heterocycles. The molecule has 0 bridgehead atoms. The van der Waals surface area contributed by atoms with Gasteiger partial charge in [-0.2, -0.15) is 0 Å². The van der Waals surface area contributed by atoms with Gasteiger partial charge in [0.15, 0.2) is 0 Å². The summed E-state index contributed by atoms with van der Waals surface area (Å²) in [5.41, 5.74) is 9.76. The van der Waals surface area contributed by atoms with E-state index in [4.69, 9.17) is 5.73 Å². The van der Waals surface area contributed by atoms with Gasteiger partial charge in [0.2, 0.25) is 0 Å². The molecule has 0 aliphatic carbocycles. The Morgan fingerprint density at radius 3 is 2.77 bits per heavy atom. The van der Waals surface area contributed by atoms with Gasteiger partial charge in [-0.3, -0.25) is 9.78 Å². The summed E-state index contributed by atoms with van der Waals surface area (Å²) in [4.78, 5) is 15.3. The van der Waals surface area contributed by atoms with Crippen molar-refractivity contribution in [1.29, 1.82) is 0 Å². The Morgan fingerprint density at radius 1 is 1.27 bits per heavy atom. The molecule has 0 saturated heterocycles. The molecule has 2 rings (SSSR count). The molecule has 0 aliphatic heterocycles. The number of nitrogen functional groups attached to an aromatic ring is 1. The third kappa shape index (κ3) is 4.45. The maximum atomic E-state index is 11.2. The molecule has 2 aromatic rings. The van der Waals surface area contributed by atoms with Crippen LogP contribution >= 0.6 is 0 Å². The predicted molar refractivity (Wildman–Crippen MR) is 88.0 cm³/mol. The topological polar surface area (TPSA) is 65.2 Å². The van der Waals surface area contributed by atoms with Gasteiger partial charge in [0.05, 0.1) is 7.11 Å². The number of esters is 1. The van der Waals surface area contributed by atoms with Gasteiger partial charge in [-0.05, 0) is 42.2 Å². The number of carbonyl (C=O) groups excluding carboxylic acids is 1. The minimum Gasteiger partial charge on any atom is -0.469 e. The van der Waals surface area contributed by atoms with E-state index < -0.39 is 0 Å². The molecule has 1 aromatic carbocycles. The second-order valence-corrected chi connectivity index (χ2v) is 4.95. The molecule has 114 valence electrons. The Labute approximate surface area is 130 Å². The van der Waals surface area contributed by atoms with Crippen LogP contribution < -0.4 is 5.73 Å². The minimum atomic E-state index is -0.180. The van der Waals surface area contributed by atoms with Crippen molar-refractivity contribution < 1.29 is 9.53 Å². The smallest absolute Gasteiger partial charge is 0.305 e. The number of aromatic nitrogens is 1. The zero-order valence-electron chi connectivity index (χ0n) is 12.7. The van der Waals surface area contributed by atoms with E-state index in [2.05, 4.69) is 15.8 Å². The van der Waals surface area contributed by atoms with Crippen molar-refractivity contribution in [2.75, 3.05) is 12.8 Å². The summed E-state index contributed by atoms with van der Waals surface area (Å²) in [6, 6.07) is 11.7. The summed E-state index contributed by atoms with van der Waals surface area (Å²) in [5.74, 6) is -0.180. The molecule has 0 saturated carbocycles. The number of hydrogen-bond donors (Lipinski definition) is 1. The molecule has 0 aliphatic rings. The minimum absolute atomic E-state index is 0.180. The number of unbranched alkanes of at least 4 members (excludes halogenated alkanes) is 1. The van der Waals surface area contributed by atoms with E-state index in [1.54, 1.807) is 6.20 Å². The lowest BCUT2D eigenvalue weighted by molar-refractivity contribution is -0.140. The van der Waals surface area contributed by atoms with Gasteiger partial charge in [0.25, 0.3) is 0 Å². The molecule has 0 amide bonds. The predicted octanol–water partition coefficient (Wildman–Crippen LogP) is 3.44. The lowest BCUT2D eigenvalue weighted by atomic mass is 9.97. The number of nitrogens with zero attached hydrogens (tertiary/aromatic N) is 1. The highest BCUT2D eigenvalue weighted by Gasteiger charge is 2.06. The van der Waals surface area contributed by atoms with E-state index in [-0.39, 0.29) is 5.97 Å². The van der Waals surface area contributed by atoms with E-state index in [0.717, 1.165) is 35.2 Å². The third-order valence-electron chi connectivity index (χ3n) is 3.33. The summed E-state index contributed by atoms with van der Waals surface area (Å²) in [5, 5.41) is 0. The molecule has 2 N–H and O–H groups in total. The maximum absolute atomic E-state index is 11.2. The van der Waals surface area contributed by atoms with Gasteiger partial charge in [0.1, 0.15) is 0 Å². The Morgan fingerprint density at radius 2 is 2.09 bits per heavy atom. The highest BCUT2D eigenvalue weighted by molar-refractivity contribution is 5.80. The van der Waals surface area contributed by atoms with E-state index in [1.165, 1.54) is 7.11 Å². The van der Waals surface area contributed by atoms with Crippen LogP contribution in [-0.2, 0) is 9.53 Å². The van der Waals surface area contributed by atoms with Gasteiger partial charge in [-0.25, -0.2) is 0 Å². The van der Waals surface area contributed by atoms with Crippen molar-refractivity contribution in [3.05, 3.63) is 66.0 Å². The Kier molecular flexibility index (Phi) is 5.72. The van der Waals surface area contributed by atoms with Gasteiger partial charge in [0, 0.05) is 30.1 Å². The number of methoxy groups -OCH3 is 1. The number of anilines is 1. The highest BCUT2D eigenvalue weighted by Crippen LogP contribution is 2.25. The summed E-state index contributed by atoms with van der Waals surface area (Å²) < 4.78 is 4.66. The first-order valence-corrected chi connectivity index (χ1v) is 7.24. The second-order valence-electron chi connectivity index (χ2n) is 4.95. The number of allylic oxidation sites excluding steroid dienone is 1. The van der Waals surface area contributed by atoms with Crippen LogP contribution in [0.25, 0.3) is 5.57 Å². The van der Waals surface area contributed by atoms with Crippen LogP contribution in [0.3, 0.4) is 0 Å². The fourth-order valence-corrected chi connectivity index (χ4v) is 2.23. The van der Waals surface area contributed by atoms with E-state index in [9.17, 15) is 4.79 Å². The lowest BCUT2D eigenvalue weighted by Crippen LogP contribution is -1.99. The number of pyridine rings is 1. The molecule has 4 nitrogen and oxygen atoms in total. The summed E-state index contributed by atoms with van der Waals surface area (Å²) in [6.07, 6.45) is 7.65. The van der Waals surface area contributed by atoms with E-state index in [0.29, 0.717) is 6.42 Å². The first-order chi connectivity index (χ1) is 10.7. The van der Waals surface area contributed by atoms with Crippen LogP contribution in [0.1, 0.15) is 30.4 Å². The highest BCUT2D eigenvalue weighted by atomic mass is 16.5. The zero-order valence-corrected chi connectivity index (χ0v) is 12.7. The third-order valence-corrected chi connectivity index (χ3v) is 3.33. The monoisotopic (exact) mass is 296 g/mol. The van der Waals surface area contributed by atoms with Crippen molar-refractivity contribution >= 4 is 17.2 Å². The normalized spacial score (nSPS) is 11.2. The van der Waals surface area contributed by atoms with Gasteiger partial charge in [-0.15, -0.1) is 0 Å². The summed E-state index contributed by atoms with van der Waals surface area (Å²) in [6.45, 7) is 0. The summed E-state index contributed by atoms with van der Waals surface area (Å²) >= 11 is 0. The first-order valence-electron chi connectivity index (χ1n) is 7.24. The molecular weight excluding hydrogens is 276 g/mol. The number of nitrogens with two attached hydrogens (primary N) is 1. The summed E-state index contributed by atoms with van der Waals surface area (Å²) in [7, 11) is 1.41. The van der Waals surface area contributed by atoms with Crippen LogP contribution in [-0.4, -0.2) is 18.1 Å². The molecule has 4 heteroatoms. The van der Waals surface area contributed by atoms with Crippen LogP contribution in [0.15, 0.2) is 54.9 Å². The van der Waals surface area contributed by atoms with E-state index in [1.807, 2.05) is 42.6 Å². The molecular formula is C18H20N2O2. The van der Waals surface area contributed by atoms with E-state index >= 15 is 0 Å². The Bertz CT molecular complexity index is 651. The first kappa shape index (κ1) is 15.8. The molecule has 0 radical (unpaired) electrons. The zero-order chi connectivity index (χ0) is 15.8. The van der Waals surface area contributed by atoms with Gasteiger partial charge >= 0.3 is 5.97 Å². The fraction of sp³-hybridized carbons (Fsp3) is 0.222. The van der Waals surface area contributed by atoms with Crippen LogP contribution in [0.4, 0.5) is 5.69 Å². The van der Waals surface area contributed by atoms with Crippen LogP contribution in [0.2, 0.25) is 0 Å². The fourth-order valence-electron chi connectivity index (χ4n) is 2.23. The molecule has 0 unspecified atom stereocenters. The lowest BCUT2D eigenvalue weighted by Gasteiger charge is -2.09. The molecule has 22 heavy (non-hydrogen) atoms. The van der Waals surface area contributed by atoms with Gasteiger partial charge < -0.3 is 10.5 Å². The molecule has 0 fully saturated rings. The molecule has 1 aromatic heterocycles. The number of rotatable bonds is 6. The van der Waals surface area contributed by atoms with Crippen molar-refractivity contribution in [2.24, 2.45) is 0 Å². The Hall–Kier alpha value is -2.62. The average molecular weight is 296 g/mol. The molecule has 0 spiro atoms. The van der Waals surface area contributed by atoms with Crippen LogP contribution in [0, 0.1) is 0 Å². The van der Waals surface area contributed by atoms with Crippen molar-refractivity contribution in [3.63, 3.8) is 0 Å². The van der Waals surface area contributed by atoms with Crippen molar-refractivity contribution in [1.82, 2.24) is 4.98 Å². The number of benzene rings is 1. The van der Waals surface area contributed by atoms with Crippen LogP contribution in [0.5, 0.6) is 0 Å². The molecule has 0 atom stereocenters. The van der Waals surface area contributed by atoms with Crippen molar-refractivity contribution in [2.45, 2.75) is 19.3 Å². The van der Waals surface area contributed by atoms with Gasteiger partial charge in [-0.1, -0.05) is 24.3 Å². The van der Waals surface area contributed by atoms with Crippen molar-refractivity contribution in [3.8, 4) is 0 Å². The maximum Gasteiger partial charge on any atom is 0.305 e. The largest absolute Gasteiger partial charge is 0.469 e. The SMILES string of the molecule is COC(=O)CCCC=C(c1cccnc1)c1cccc(N)c1. The number of carbonyl (C=O) groups is 1. The number of ether oxygens (including phenoxy) is 1. The Balaban J connectivity index is 2.21. The average Bonchev–Trinajstić information content (AvgIpc) is 2.55. The second kappa shape index (κ2) is 7.98.